The predicted molar refractivity (Wildman–Crippen MR) is 103 cm³/mol. The lowest BCUT2D eigenvalue weighted by atomic mass is 10.0. The SMILES string of the molecule is O=C(COc1ccc(Br)cc1Cl)NNC(=S)NC(=O)CC1CCCC1. The molecule has 0 heterocycles. The second-order valence-corrected chi connectivity index (χ2v) is 7.50. The molecule has 0 aromatic heterocycles. The van der Waals surface area contributed by atoms with Crippen molar-refractivity contribution in [1.29, 1.82) is 0 Å². The molecule has 1 aliphatic carbocycles. The zero-order chi connectivity index (χ0) is 18.2. The standard InChI is InChI=1S/C16H19BrClN3O3S/c17-11-5-6-13(12(18)8-11)24-9-15(23)20-21-16(25)19-14(22)7-10-3-1-2-4-10/h5-6,8,10H,1-4,7,9H2,(H,20,23)(H2,19,21,22,25). The van der Waals surface area contributed by atoms with Crippen LogP contribution in [0.25, 0.3) is 0 Å². The highest BCUT2D eigenvalue weighted by molar-refractivity contribution is 9.10. The van der Waals surface area contributed by atoms with E-state index in [-0.39, 0.29) is 17.6 Å². The second-order valence-electron chi connectivity index (χ2n) is 5.77. The van der Waals surface area contributed by atoms with Gasteiger partial charge in [0, 0.05) is 10.9 Å². The number of rotatable bonds is 5. The lowest BCUT2D eigenvalue weighted by Crippen LogP contribution is -2.49. The number of hydrogen-bond donors (Lipinski definition) is 3. The van der Waals surface area contributed by atoms with Gasteiger partial charge in [-0.25, -0.2) is 0 Å². The van der Waals surface area contributed by atoms with Crippen molar-refractivity contribution in [1.82, 2.24) is 16.2 Å². The Morgan fingerprint density at radius 1 is 1.24 bits per heavy atom. The first kappa shape index (κ1) is 19.9. The molecule has 2 amide bonds. The van der Waals surface area contributed by atoms with Crippen LogP contribution in [0.2, 0.25) is 5.02 Å². The number of hydrazine groups is 1. The van der Waals surface area contributed by atoms with Gasteiger partial charge in [-0.15, -0.1) is 0 Å². The zero-order valence-corrected chi connectivity index (χ0v) is 16.6. The predicted octanol–water partition coefficient (Wildman–Crippen LogP) is 3.08. The maximum absolute atomic E-state index is 11.8. The summed E-state index contributed by atoms with van der Waals surface area (Å²) < 4.78 is 6.13. The van der Waals surface area contributed by atoms with Gasteiger partial charge in [-0.05, 0) is 49.2 Å². The molecule has 1 saturated carbocycles. The molecule has 1 aromatic carbocycles. The van der Waals surface area contributed by atoms with E-state index in [0.29, 0.717) is 23.1 Å². The molecular formula is C16H19BrClN3O3S. The minimum atomic E-state index is -0.452. The highest BCUT2D eigenvalue weighted by atomic mass is 79.9. The third-order valence-corrected chi connectivity index (χ3v) is 4.76. The molecule has 0 radical (unpaired) electrons. The fourth-order valence-electron chi connectivity index (χ4n) is 2.58. The van der Waals surface area contributed by atoms with Crippen molar-refractivity contribution >= 4 is 56.7 Å². The molecule has 136 valence electrons. The maximum Gasteiger partial charge on any atom is 0.276 e. The van der Waals surface area contributed by atoms with Gasteiger partial charge < -0.3 is 10.1 Å². The largest absolute Gasteiger partial charge is 0.482 e. The Kier molecular flexibility index (Phi) is 7.92. The van der Waals surface area contributed by atoms with E-state index in [0.717, 1.165) is 17.3 Å². The van der Waals surface area contributed by atoms with Gasteiger partial charge in [-0.1, -0.05) is 40.4 Å². The van der Waals surface area contributed by atoms with Crippen LogP contribution in [0.1, 0.15) is 32.1 Å². The van der Waals surface area contributed by atoms with E-state index in [9.17, 15) is 9.59 Å². The first-order chi connectivity index (χ1) is 11.9. The molecule has 0 spiro atoms. The monoisotopic (exact) mass is 447 g/mol. The minimum absolute atomic E-state index is 0.0537. The van der Waals surface area contributed by atoms with Crippen LogP contribution in [0.5, 0.6) is 5.75 Å². The Morgan fingerprint density at radius 3 is 2.64 bits per heavy atom. The molecule has 9 heteroatoms. The van der Waals surface area contributed by atoms with Crippen LogP contribution in [0, 0.1) is 5.92 Å². The van der Waals surface area contributed by atoms with Gasteiger partial charge in [0.1, 0.15) is 5.75 Å². The highest BCUT2D eigenvalue weighted by Crippen LogP contribution is 2.28. The van der Waals surface area contributed by atoms with Gasteiger partial charge in [0.2, 0.25) is 5.91 Å². The van der Waals surface area contributed by atoms with Crippen molar-refractivity contribution in [3.05, 3.63) is 27.7 Å². The van der Waals surface area contributed by atoms with E-state index in [1.165, 1.54) is 12.8 Å². The van der Waals surface area contributed by atoms with Crippen LogP contribution in [0.3, 0.4) is 0 Å². The molecule has 25 heavy (non-hydrogen) atoms. The quantitative estimate of drug-likeness (QED) is 0.476. The molecule has 3 N–H and O–H groups in total. The summed E-state index contributed by atoms with van der Waals surface area (Å²) in [5.41, 5.74) is 4.84. The highest BCUT2D eigenvalue weighted by Gasteiger charge is 2.18. The Bertz CT molecular complexity index is 654. The molecule has 0 bridgehead atoms. The van der Waals surface area contributed by atoms with Crippen LogP contribution >= 0.6 is 39.7 Å². The van der Waals surface area contributed by atoms with Gasteiger partial charge in [-0.2, -0.15) is 0 Å². The third-order valence-electron chi connectivity index (χ3n) is 3.77. The normalized spacial score (nSPS) is 14.0. The molecule has 1 fully saturated rings. The number of halogens is 2. The van der Waals surface area contributed by atoms with E-state index in [2.05, 4.69) is 32.1 Å². The van der Waals surface area contributed by atoms with Gasteiger partial charge >= 0.3 is 0 Å². The number of ether oxygens (including phenoxy) is 1. The van der Waals surface area contributed by atoms with Crippen LogP contribution < -0.4 is 20.9 Å². The molecule has 1 aliphatic rings. The Morgan fingerprint density at radius 2 is 1.96 bits per heavy atom. The van der Waals surface area contributed by atoms with Crippen molar-refractivity contribution in [3.63, 3.8) is 0 Å². The molecule has 6 nitrogen and oxygen atoms in total. The van der Waals surface area contributed by atoms with Crippen molar-refractivity contribution in [3.8, 4) is 5.75 Å². The van der Waals surface area contributed by atoms with Crippen LogP contribution in [-0.2, 0) is 9.59 Å². The van der Waals surface area contributed by atoms with Gasteiger partial charge in [0.05, 0.1) is 5.02 Å². The number of nitrogens with one attached hydrogen (secondary N) is 3. The van der Waals surface area contributed by atoms with Crippen molar-refractivity contribution < 1.29 is 14.3 Å². The summed E-state index contributed by atoms with van der Waals surface area (Å²) in [4.78, 5) is 23.6. The summed E-state index contributed by atoms with van der Waals surface area (Å²) in [6, 6.07) is 5.08. The summed E-state index contributed by atoms with van der Waals surface area (Å²) in [5, 5.41) is 3.00. The summed E-state index contributed by atoms with van der Waals surface area (Å²) in [5.74, 6) is 0.233. The lowest BCUT2D eigenvalue weighted by molar-refractivity contribution is -0.124. The van der Waals surface area contributed by atoms with Crippen LogP contribution in [0.15, 0.2) is 22.7 Å². The molecule has 0 unspecified atom stereocenters. The fourth-order valence-corrected chi connectivity index (χ4v) is 3.48. The van der Waals surface area contributed by atoms with E-state index < -0.39 is 5.91 Å². The number of carbonyl (C=O) groups excluding carboxylic acids is 2. The topological polar surface area (TPSA) is 79.5 Å². The number of thiocarbonyl (C=S) groups is 1. The molecular weight excluding hydrogens is 430 g/mol. The summed E-state index contributed by atoms with van der Waals surface area (Å²) in [6.07, 6.45) is 4.99. The smallest absolute Gasteiger partial charge is 0.276 e. The summed E-state index contributed by atoms with van der Waals surface area (Å²) in [7, 11) is 0. The Hall–Kier alpha value is -1.38. The van der Waals surface area contributed by atoms with Crippen molar-refractivity contribution in [2.24, 2.45) is 5.92 Å². The molecule has 1 aromatic rings. The summed E-state index contributed by atoms with van der Waals surface area (Å²) >= 11 is 14.3. The minimum Gasteiger partial charge on any atom is -0.482 e. The first-order valence-corrected chi connectivity index (χ1v) is 9.48. The molecule has 0 atom stereocenters. The maximum atomic E-state index is 11.8. The van der Waals surface area contributed by atoms with Gasteiger partial charge in [0.15, 0.2) is 11.7 Å². The lowest BCUT2D eigenvalue weighted by Gasteiger charge is -2.13. The Balaban J connectivity index is 1.65. The summed E-state index contributed by atoms with van der Waals surface area (Å²) in [6.45, 7) is -0.243. The van der Waals surface area contributed by atoms with Gasteiger partial charge in [0.25, 0.3) is 5.91 Å². The van der Waals surface area contributed by atoms with E-state index in [1.807, 2.05) is 0 Å². The molecule has 0 saturated heterocycles. The third kappa shape index (κ3) is 7.17. The van der Waals surface area contributed by atoms with E-state index >= 15 is 0 Å². The average Bonchev–Trinajstić information content (AvgIpc) is 3.04. The van der Waals surface area contributed by atoms with Crippen LogP contribution in [-0.4, -0.2) is 23.5 Å². The van der Waals surface area contributed by atoms with Crippen molar-refractivity contribution in [2.75, 3.05) is 6.61 Å². The van der Waals surface area contributed by atoms with Crippen LogP contribution in [0.4, 0.5) is 0 Å². The number of benzene rings is 1. The molecule has 0 aliphatic heterocycles. The Labute approximate surface area is 165 Å². The van der Waals surface area contributed by atoms with E-state index in [4.69, 9.17) is 28.6 Å². The number of carbonyl (C=O) groups is 2. The van der Waals surface area contributed by atoms with Gasteiger partial charge in [-0.3, -0.25) is 20.4 Å². The molecule has 2 rings (SSSR count). The number of hydrogen-bond acceptors (Lipinski definition) is 4. The zero-order valence-electron chi connectivity index (χ0n) is 13.4. The van der Waals surface area contributed by atoms with E-state index in [1.54, 1.807) is 18.2 Å². The van der Waals surface area contributed by atoms with Crippen molar-refractivity contribution in [2.45, 2.75) is 32.1 Å². The number of amides is 2. The second kappa shape index (κ2) is 9.94. The average molecular weight is 449 g/mol. The fraction of sp³-hybridized carbons (Fsp3) is 0.438. The first-order valence-electron chi connectivity index (χ1n) is 7.90.